The number of hydrogen-bond acceptors (Lipinski definition) is 2. The van der Waals surface area contributed by atoms with Crippen LogP contribution in [0.25, 0.3) is 0 Å². The molecule has 8 heavy (non-hydrogen) atoms. The lowest BCUT2D eigenvalue weighted by Crippen LogP contribution is -2.14. The molecule has 0 spiro atoms. The van der Waals surface area contributed by atoms with E-state index in [4.69, 9.17) is 11.8 Å². The van der Waals surface area contributed by atoms with Crippen molar-refractivity contribution in [1.29, 1.82) is 0 Å². The van der Waals surface area contributed by atoms with Crippen molar-refractivity contribution in [3.05, 3.63) is 12.3 Å². The van der Waals surface area contributed by atoms with E-state index in [-0.39, 0.29) is 0 Å². The Morgan fingerprint density at radius 1 is 1.88 bits per heavy atom. The van der Waals surface area contributed by atoms with Crippen molar-refractivity contribution >= 4 is 17.6 Å². The molecule has 0 bridgehead atoms. The topological polar surface area (TPSA) is 15.6 Å². The Labute approximate surface area is 53.6 Å². The molecule has 0 radical (unpaired) electrons. The number of aliphatic imine (C=N–C) groups is 1. The molecule has 0 amide bonds. The van der Waals surface area contributed by atoms with Gasteiger partial charge in [-0.25, -0.2) is 4.42 Å². The Kier molecular flexibility index (Phi) is 1.53. The highest BCUT2D eigenvalue weighted by Gasteiger charge is 1.99. The van der Waals surface area contributed by atoms with Gasteiger partial charge in [-0.1, -0.05) is 0 Å². The smallest absolute Gasteiger partial charge is 0.115 e. The van der Waals surface area contributed by atoms with Crippen molar-refractivity contribution in [3.8, 4) is 0 Å². The summed E-state index contributed by atoms with van der Waals surface area (Å²) in [6.45, 7) is 2.63. The molecule has 0 aromatic rings. The Bertz CT molecular complexity index is 139. The molecule has 1 aliphatic rings. The van der Waals surface area contributed by atoms with Crippen molar-refractivity contribution in [3.63, 3.8) is 0 Å². The summed E-state index contributed by atoms with van der Waals surface area (Å²) in [6, 6.07) is 0. The second-order valence-corrected chi connectivity index (χ2v) is 1.95. The molecule has 3 heteroatoms. The van der Waals surface area contributed by atoms with Crippen LogP contribution in [0.2, 0.25) is 0 Å². The van der Waals surface area contributed by atoms with Crippen molar-refractivity contribution in [2.75, 3.05) is 6.54 Å². The van der Waals surface area contributed by atoms with Gasteiger partial charge in [0.15, 0.2) is 0 Å². The van der Waals surface area contributed by atoms with E-state index < -0.39 is 0 Å². The largest absolute Gasteiger partial charge is 0.267 e. The highest BCUT2D eigenvalue weighted by molar-refractivity contribution is 6.22. The summed E-state index contributed by atoms with van der Waals surface area (Å²) in [7, 11) is 0. The van der Waals surface area contributed by atoms with Crippen LogP contribution in [-0.4, -0.2) is 16.8 Å². The number of nitrogens with zero attached hydrogens (tertiary/aromatic N) is 2. The molecule has 1 aliphatic heterocycles. The third-order valence-electron chi connectivity index (χ3n) is 0.971. The molecule has 2 nitrogen and oxygen atoms in total. The maximum Gasteiger partial charge on any atom is 0.115 e. The summed E-state index contributed by atoms with van der Waals surface area (Å²) < 4.78 is 1.48. The van der Waals surface area contributed by atoms with Gasteiger partial charge in [-0.3, -0.25) is 4.99 Å². The van der Waals surface area contributed by atoms with Crippen molar-refractivity contribution in [1.82, 2.24) is 4.42 Å². The van der Waals surface area contributed by atoms with Crippen molar-refractivity contribution in [2.24, 2.45) is 4.99 Å². The lowest BCUT2D eigenvalue weighted by molar-refractivity contribution is 0.851. The van der Waals surface area contributed by atoms with Crippen molar-refractivity contribution < 1.29 is 0 Å². The van der Waals surface area contributed by atoms with Crippen LogP contribution >= 0.6 is 11.8 Å². The zero-order valence-corrected chi connectivity index (χ0v) is 5.39. The Morgan fingerprint density at radius 2 is 2.62 bits per heavy atom. The molecule has 0 unspecified atom stereocenters. The molecular weight excluding hydrogens is 124 g/mol. The Hall–Kier alpha value is -0.500. The molecule has 0 fully saturated rings. The summed E-state index contributed by atoms with van der Waals surface area (Å²) in [4.78, 5) is 4.03. The molecule has 0 atom stereocenters. The molecule has 0 saturated carbocycles. The first-order chi connectivity index (χ1) is 3.80. The normalized spacial score (nSPS) is 18.8. The predicted octanol–water partition coefficient (Wildman–Crippen LogP) is 1.39. The summed E-state index contributed by atoms with van der Waals surface area (Å²) in [5, 5.41) is 0. The van der Waals surface area contributed by atoms with Gasteiger partial charge in [-0.05, 0) is 13.0 Å². The average molecular weight is 131 g/mol. The van der Waals surface area contributed by atoms with Crippen molar-refractivity contribution in [2.45, 2.75) is 6.92 Å². The summed E-state index contributed by atoms with van der Waals surface area (Å²) in [5.41, 5.74) is 0. The molecule has 1 rings (SSSR count). The quantitative estimate of drug-likeness (QED) is 0.453. The molecule has 0 aliphatic carbocycles. The lowest BCUT2D eigenvalue weighted by atomic mass is 10.5. The number of hydrogen-bond donors (Lipinski definition) is 0. The van der Waals surface area contributed by atoms with E-state index in [2.05, 4.69) is 4.99 Å². The Balaban J connectivity index is 2.63. The number of rotatable bonds is 0. The first-order valence-corrected chi connectivity index (χ1v) is 2.77. The highest BCUT2D eigenvalue weighted by atomic mass is 35.5. The van der Waals surface area contributed by atoms with Gasteiger partial charge < -0.3 is 0 Å². The zero-order chi connectivity index (χ0) is 5.98. The third-order valence-corrected chi connectivity index (χ3v) is 1.33. The van der Waals surface area contributed by atoms with E-state index in [0.29, 0.717) is 0 Å². The van der Waals surface area contributed by atoms with Gasteiger partial charge in [-0.15, -0.1) is 0 Å². The maximum absolute atomic E-state index is 5.58. The molecule has 0 saturated heterocycles. The first-order valence-electron chi connectivity index (χ1n) is 2.43. The van der Waals surface area contributed by atoms with Crippen LogP contribution in [0.15, 0.2) is 17.3 Å². The van der Waals surface area contributed by atoms with Gasteiger partial charge in [0.05, 0.1) is 6.54 Å². The second kappa shape index (κ2) is 2.18. The van der Waals surface area contributed by atoms with Gasteiger partial charge in [-0.2, -0.15) is 0 Å². The van der Waals surface area contributed by atoms with E-state index in [0.717, 1.165) is 12.4 Å². The maximum atomic E-state index is 5.58. The minimum absolute atomic E-state index is 0.759. The molecule has 1 heterocycles. The molecular formula is C5H7ClN2. The second-order valence-electron chi connectivity index (χ2n) is 1.58. The Morgan fingerprint density at radius 3 is 3.00 bits per heavy atom. The van der Waals surface area contributed by atoms with E-state index in [1.165, 1.54) is 4.42 Å². The van der Waals surface area contributed by atoms with E-state index in [1.807, 2.05) is 13.0 Å². The van der Waals surface area contributed by atoms with Crippen LogP contribution in [-0.2, 0) is 0 Å². The minimum Gasteiger partial charge on any atom is -0.267 e. The molecule has 0 aromatic heterocycles. The number of halogens is 1. The van der Waals surface area contributed by atoms with Crippen LogP contribution in [0.5, 0.6) is 0 Å². The standard InChI is InChI=1S/C5H7ClN2/c1-5-7-3-2-4-8(5)6/h2,4H,3H2,1H3. The summed E-state index contributed by atoms with van der Waals surface area (Å²) in [6.07, 6.45) is 3.70. The third kappa shape index (κ3) is 1.01. The highest BCUT2D eigenvalue weighted by Crippen LogP contribution is 2.02. The predicted molar refractivity (Wildman–Crippen MR) is 34.8 cm³/mol. The van der Waals surface area contributed by atoms with E-state index in [1.54, 1.807) is 6.20 Å². The molecule has 0 aromatic carbocycles. The van der Waals surface area contributed by atoms with Gasteiger partial charge in [0.1, 0.15) is 5.84 Å². The SMILES string of the molecule is CC1=NCC=CN1Cl. The zero-order valence-electron chi connectivity index (χ0n) is 4.63. The first kappa shape index (κ1) is 5.63. The molecule has 0 N–H and O–H groups in total. The van der Waals surface area contributed by atoms with Gasteiger partial charge in [0.25, 0.3) is 0 Å². The monoisotopic (exact) mass is 130 g/mol. The minimum atomic E-state index is 0.759. The van der Waals surface area contributed by atoms with Crippen LogP contribution in [0.4, 0.5) is 0 Å². The summed E-state index contributed by atoms with van der Waals surface area (Å²) in [5.74, 6) is 0.856. The van der Waals surface area contributed by atoms with Gasteiger partial charge in [0, 0.05) is 18.0 Å². The summed E-state index contributed by atoms with van der Waals surface area (Å²) >= 11 is 5.58. The van der Waals surface area contributed by atoms with Gasteiger partial charge in [0.2, 0.25) is 0 Å². The fourth-order valence-electron chi connectivity index (χ4n) is 0.500. The van der Waals surface area contributed by atoms with Crippen LogP contribution < -0.4 is 0 Å². The van der Waals surface area contributed by atoms with Gasteiger partial charge >= 0.3 is 0 Å². The number of amidine groups is 1. The van der Waals surface area contributed by atoms with Crippen LogP contribution in [0.3, 0.4) is 0 Å². The fraction of sp³-hybridized carbons (Fsp3) is 0.400. The fourth-order valence-corrected chi connectivity index (χ4v) is 0.633. The molecule has 44 valence electrons. The van der Waals surface area contributed by atoms with Crippen LogP contribution in [0.1, 0.15) is 6.92 Å². The van der Waals surface area contributed by atoms with E-state index in [9.17, 15) is 0 Å². The average Bonchev–Trinajstić information content (AvgIpc) is 1.77. The van der Waals surface area contributed by atoms with E-state index >= 15 is 0 Å². The lowest BCUT2D eigenvalue weighted by Gasteiger charge is -2.11. The van der Waals surface area contributed by atoms with Crippen LogP contribution in [0, 0.1) is 0 Å².